The Bertz CT molecular complexity index is 432. The summed E-state index contributed by atoms with van der Waals surface area (Å²) in [4.78, 5) is 13.7. The highest BCUT2D eigenvalue weighted by atomic mass is 16.6. The molecule has 0 saturated heterocycles. The first kappa shape index (κ1) is 12.7. The molecular weight excluding hydrogens is 232 g/mol. The van der Waals surface area contributed by atoms with Crippen molar-refractivity contribution in [2.24, 2.45) is 0 Å². The SMILES string of the molecule is CN(C)CCC(=O)Nc1ccc2c(c1)OCCO2. The van der Waals surface area contributed by atoms with Gasteiger partial charge in [0.1, 0.15) is 13.2 Å². The molecule has 0 radical (unpaired) electrons. The van der Waals surface area contributed by atoms with E-state index in [0.29, 0.717) is 25.4 Å². The summed E-state index contributed by atoms with van der Waals surface area (Å²) in [5.74, 6) is 1.42. The first-order valence-electron chi connectivity index (χ1n) is 5.99. The first-order valence-corrected chi connectivity index (χ1v) is 5.99. The van der Waals surface area contributed by atoms with Gasteiger partial charge in [0.25, 0.3) is 0 Å². The summed E-state index contributed by atoms with van der Waals surface area (Å²) in [7, 11) is 3.88. The van der Waals surface area contributed by atoms with E-state index in [1.165, 1.54) is 0 Å². The molecule has 1 heterocycles. The van der Waals surface area contributed by atoms with E-state index in [1.54, 1.807) is 6.07 Å². The third kappa shape index (κ3) is 3.37. The Kier molecular flexibility index (Phi) is 4.04. The quantitative estimate of drug-likeness (QED) is 0.876. The predicted octanol–water partition coefficient (Wildman–Crippen LogP) is 1.35. The van der Waals surface area contributed by atoms with Crippen molar-refractivity contribution in [3.05, 3.63) is 18.2 Å². The lowest BCUT2D eigenvalue weighted by atomic mass is 10.2. The number of anilines is 1. The number of rotatable bonds is 4. The van der Waals surface area contributed by atoms with Crippen LogP contribution in [0.1, 0.15) is 6.42 Å². The van der Waals surface area contributed by atoms with Crippen LogP contribution < -0.4 is 14.8 Å². The summed E-state index contributed by atoms with van der Waals surface area (Å²) in [5.41, 5.74) is 0.739. The van der Waals surface area contributed by atoms with Crippen molar-refractivity contribution in [1.29, 1.82) is 0 Å². The van der Waals surface area contributed by atoms with Crippen LogP contribution in [0.2, 0.25) is 0 Å². The van der Waals surface area contributed by atoms with Crippen LogP contribution in [0.4, 0.5) is 5.69 Å². The van der Waals surface area contributed by atoms with Gasteiger partial charge < -0.3 is 19.7 Å². The number of nitrogens with one attached hydrogen (secondary N) is 1. The molecule has 0 aliphatic carbocycles. The predicted molar refractivity (Wildman–Crippen MR) is 69.2 cm³/mol. The maximum absolute atomic E-state index is 11.7. The number of fused-ring (bicyclic) bond motifs is 1. The Morgan fingerprint density at radius 1 is 1.28 bits per heavy atom. The van der Waals surface area contributed by atoms with Crippen LogP contribution in [0.25, 0.3) is 0 Å². The molecule has 5 nitrogen and oxygen atoms in total. The highest BCUT2D eigenvalue weighted by molar-refractivity contribution is 5.91. The molecule has 0 unspecified atom stereocenters. The van der Waals surface area contributed by atoms with E-state index < -0.39 is 0 Å². The molecule has 1 aliphatic rings. The monoisotopic (exact) mass is 250 g/mol. The summed E-state index contributed by atoms with van der Waals surface area (Å²) in [6.07, 6.45) is 0.474. The number of hydrogen-bond acceptors (Lipinski definition) is 4. The molecule has 5 heteroatoms. The zero-order valence-electron chi connectivity index (χ0n) is 10.7. The highest BCUT2D eigenvalue weighted by Gasteiger charge is 2.12. The van der Waals surface area contributed by atoms with Gasteiger partial charge in [0.2, 0.25) is 5.91 Å². The van der Waals surface area contributed by atoms with Gasteiger partial charge in [0.15, 0.2) is 11.5 Å². The van der Waals surface area contributed by atoms with Crippen molar-refractivity contribution < 1.29 is 14.3 Å². The van der Waals surface area contributed by atoms with Gasteiger partial charge in [-0.05, 0) is 26.2 Å². The van der Waals surface area contributed by atoms with Crippen molar-refractivity contribution in [2.75, 3.05) is 39.2 Å². The second kappa shape index (κ2) is 5.73. The molecule has 1 N–H and O–H groups in total. The Labute approximate surface area is 107 Å². The molecule has 1 aliphatic heterocycles. The lowest BCUT2D eigenvalue weighted by Crippen LogP contribution is -2.21. The highest BCUT2D eigenvalue weighted by Crippen LogP contribution is 2.32. The van der Waals surface area contributed by atoms with Crippen LogP contribution in [0.5, 0.6) is 11.5 Å². The van der Waals surface area contributed by atoms with E-state index in [2.05, 4.69) is 5.32 Å². The summed E-state index contributed by atoms with van der Waals surface area (Å²) < 4.78 is 10.9. The molecule has 1 aromatic rings. The van der Waals surface area contributed by atoms with Gasteiger partial charge in [-0.3, -0.25) is 4.79 Å². The molecule has 0 bridgehead atoms. The Morgan fingerprint density at radius 3 is 2.72 bits per heavy atom. The normalized spacial score (nSPS) is 13.5. The van der Waals surface area contributed by atoms with Gasteiger partial charge >= 0.3 is 0 Å². The van der Waals surface area contributed by atoms with E-state index in [9.17, 15) is 4.79 Å². The molecule has 98 valence electrons. The number of benzene rings is 1. The molecule has 0 fully saturated rings. The molecule has 1 aromatic carbocycles. The standard InChI is InChI=1S/C13H18N2O3/c1-15(2)6-5-13(16)14-10-3-4-11-12(9-10)18-8-7-17-11/h3-4,9H,5-8H2,1-2H3,(H,14,16). The topological polar surface area (TPSA) is 50.8 Å². The smallest absolute Gasteiger partial charge is 0.225 e. The fourth-order valence-corrected chi connectivity index (χ4v) is 1.67. The van der Waals surface area contributed by atoms with Crippen molar-refractivity contribution in [1.82, 2.24) is 4.90 Å². The molecule has 18 heavy (non-hydrogen) atoms. The number of amides is 1. The summed E-state index contributed by atoms with van der Waals surface area (Å²) in [6.45, 7) is 1.85. The Hall–Kier alpha value is -1.75. The minimum atomic E-state index is 0.000350. The average Bonchev–Trinajstić information content (AvgIpc) is 2.36. The number of hydrogen-bond donors (Lipinski definition) is 1. The average molecular weight is 250 g/mol. The second-order valence-corrected chi connectivity index (χ2v) is 4.46. The van der Waals surface area contributed by atoms with Crippen LogP contribution in [-0.2, 0) is 4.79 Å². The first-order chi connectivity index (χ1) is 8.65. The molecule has 0 atom stereocenters. The van der Waals surface area contributed by atoms with Crippen LogP contribution in [0, 0.1) is 0 Å². The lowest BCUT2D eigenvalue weighted by Gasteiger charge is -2.19. The molecule has 2 rings (SSSR count). The van der Waals surface area contributed by atoms with E-state index in [0.717, 1.165) is 18.0 Å². The van der Waals surface area contributed by atoms with Crippen LogP contribution in [0.15, 0.2) is 18.2 Å². The number of nitrogens with zero attached hydrogens (tertiary/aromatic N) is 1. The minimum absolute atomic E-state index is 0.000350. The zero-order chi connectivity index (χ0) is 13.0. The van der Waals surface area contributed by atoms with Gasteiger partial charge in [-0.15, -0.1) is 0 Å². The number of ether oxygens (including phenoxy) is 2. The van der Waals surface area contributed by atoms with Crippen molar-refractivity contribution in [3.63, 3.8) is 0 Å². The van der Waals surface area contributed by atoms with Crippen molar-refractivity contribution in [2.45, 2.75) is 6.42 Å². The van der Waals surface area contributed by atoms with Gasteiger partial charge in [-0.1, -0.05) is 0 Å². The van der Waals surface area contributed by atoms with Crippen molar-refractivity contribution >= 4 is 11.6 Å². The maximum atomic E-state index is 11.7. The summed E-state index contributed by atoms with van der Waals surface area (Å²) in [6, 6.07) is 5.43. The lowest BCUT2D eigenvalue weighted by molar-refractivity contribution is -0.116. The van der Waals surface area contributed by atoms with Crippen LogP contribution in [0.3, 0.4) is 0 Å². The fourth-order valence-electron chi connectivity index (χ4n) is 1.67. The van der Waals surface area contributed by atoms with E-state index >= 15 is 0 Å². The molecule has 0 spiro atoms. The van der Waals surface area contributed by atoms with Gasteiger partial charge in [0.05, 0.1) is 0 Å². The van der Waals surface area contributed by atoms with E-state index in [-0.39, 0.29) is 5.91 Å². The van der Waals surface area contributed by atoms with Gasteiger partial charge in [0, 0.05) is 24.7 Å². The van der Waals surface area contributed by atoms with E-state index in [1.807, 2.05) is 31.1 Å². The largest absolute Gasteiger partial charge is 0.486 e. The Balaban J connectivity index is 1.95. The summed E-state index contributed by atoms with van der Waals surface area (Å²) in [5, 5.41) is 2.85. The van der Waals surface area contributed by atoms with Crippen LogP contribution >= 0.6 is 0 Å². The number of carbonyl (C=O) groups excluding carboxylic acids is 1. The fraction of sp³-hybridized carbons (Fsp3) is 0.462. The van der Waals surface area contributed by atoms with Gasteiger partial charge in [-0.2, -0.15) is 0 Å². The third-order valence-corrected chi connectivity index (χ3v) is 2.61. The zero-order valence-corrected chi connectivity index (χ0v) is 10.7. The third-order valence-electron chi connectivity index (χ3n) is 2.61. The van der Waals surface area contributed by atoms with Crippen LogP contribution in [-0.4, -0.2) is 44.7 Å². The van der Waals surface area contributed by atoms with Gasteiger partial charge in [-0.25, -0.2) is 0 Å². The van der Waals surface area contributed by atoms with E-state index in [4.69, 9.17) is 9.47 Å². The minimum Gasteiger partial charge on any atom is -0.486 e. The number of carbonyl (C=O) groups is 1. The molecular formula is C13H18N2O3. The van der Waals surface area contributed by atoms with Crippen molar-refractivity contribution in [3.8, 4) is 11.5 Å². The summed E-state index contributed by atoms with van der Waals surface area (Å²) >= 11 is 0. The molecule has 0 aromatic heterocycles. The Morgan fingerprint density at radius 2 is 2.00 bits per heavy atom. The maximum Gasteiger partial charge on any atom is 0.225 e. The molecule has 1 amide bonds. The second-order valence-electron chi connectivity index (χ2n) is 4.46. The molecule has 0 saturated carbocycles.